The zero-order valence-electron chi connectivity index (χ0n) is 5.71. The Morgan fingerprint density at radius 3 is 2.20 bits per heavy atom. The Kier molecular flexibility index (Phi) is 2.81. The summed E-state index contributed by atoms with van der Waals surface area (Å²) in [6.45, 7) is 2.06. The van der Waals surface area contributed by atoms with Gasteiger partial charge in [0.1, 0.15) is 0 Å². The van der Waals surface area contributed by atoms with Crippen LogP contribution in [0, 0.1) is 0 Å². The topological polar surface area (TPSA) is 0 Å². The Labute approximate surface area is 75.2 Å². The Balaban J connectivity index is 2.89. The lowest BCUT2D eigenvalue weighted by molar-refractivity contribution is 1.11. The molecule has 10 heavy (non-hydrogen) atoms. The SMILES string of the molecule is CC(S)c1ccc(Br)cc1. The van der Waals surface area contributed by atoms with Crippen LogP contribution in [0.5, 0.6) is 0 Å². The second-order valence-electron chi connectivity index (χ2n) is 2.23. The highest BCUT2D eigenvalue weighted by molar-refractivity contribution is 9.10. The molecule has 2 heteroatoms. The molecule has 0 nitrogen and oxygen atoms in total. The third-order valence-electron chi connectivity index (χ3n) is 1.35. The van der Waals surface area contributed by atoms with Gasteiger partial charge in [-0.3, -0.25) is 0 Å². The first-order valence-electron chi connectivity index (χ1n) is 3.13. The summed E-state index contributed by atoms with van der Waals surface area (Å²) in [6, 6.07) is 8.20. The summed E-state index contributed by atoms with van der Waals surface area (Å²) in [4.78, 5) is 0. The summed E-state index contributed by atoms with van der Waals surface area (Å²) < 4.78 is 1.12. The summed E-state index contributed by atoms with van der Waals surface area (Å²) >= 11 is 7.68. The molecule has 0 aliphatic rings. The molecule has 0 aromatic heterocycles. The second-order valence-corrected chi connectivity index (χ2v) is 3.92. The minimum absolute atomic E-state index is 0.327. The van der Waals surface area contributed by atoms with Crippen LogP contribution in [0.4, 0.5) is 0 Å². The summed E-state index contributed by atoms with van der Waals surface area (Å²) in [5.41, 5.74) is 1.26. The molecule has 1 unspecified atom stereocenters. The van der Waals surface area contributed by atoms with Gasteiger partial charge in [-0.25, -0.2) is 0 Å². The Morgan fingerprint density at radius 1 is 1.30 bits per heavy atom. The van der Waals surface area contributed by atoms with Gasteiger partial charge in [0.15, 0.2) is 0 Å². The van der Waals surface area contributed by atoms with Gasteiger partial charge in [-0.1, -0.05) is 28.1 Å². The predicted octanol–water partition coefficient (Wildman–Crippen LogP) is 3.44. The average molecular weight is 217 g/mol. The summed E-state index contributed by atoms with van der Waals surface area (Å²) in [7, 11) is 0. The molecule has 1 atom stereocenters. The molecule has 0 spiro atoms. The van der Waals surface area contributed by atoms with Crippen molar-refractivity contribution in [2.75, 3.05) is 0 Å². The minimum atomic E-state index is 0.327. The van der Waals surface area contributed by atoms with Crippen LogP contribution in [0.25, 0.3) is 0 Å². The van der Waals surface area contributed by atoms with E-state index < -0.39 is 0 Å². The van der Waals surface area contributed by atoms with Gasteiger partial charge in [0.25, 0.3) is 0 Å². The van der Waals surface area contributed by atoms with Crippen LogP contribution < -0.4 is 0 Å². The maximum atomic E-state index is 4.31. The standard InChI is InChI=1S/C8H9BrS/c1-6(10)7-2-4-8(9)5-3-7/h2-6,10H,1H3. The van der Waals surface area contributed by atoms with E-state index in [1.54, 1.807) is 0 Å². The summed E-state index contributed by atoms with van der Waals surface area (Å²) in [5, 5.41) is 0.327. The van der Waals surface area contributed by atoms with Crippen molar-refractivity contribution in [2.45, 2.75) is 12.2 Å². The molecule has 0 heterocycles. The van der Waals surface area contributed by atoms with Crippen molar-refractivity contribution >= 4 is 28.6 Å². The highest BCUT2D eigenvalue weighted by Crippen LogP contribution is 2.20. The summed E-state index contributed by atoms with van der Waals surface area (Å²) in [6.07, 6.45) is 0. The van der Waals surface area contributed by atoms with Gasteiger partial charge in [0.05, 0.1) is 0 Å². The zero-order chi connectivity index (χ0) is 7.56. The molecule has 1 aromatic rings. The normalized spacial score (nSPS) is 13.1. The van der Waals surface area contributed by atoms with E-state index in [0.29, 0.717) is 5.25 Å². The lowest BCUT2D eigenvalue weighted by atomic mass is 10.2. The maximum absolute atomic E-state index is 4.31. The largest absolute Gasteiger partial charge is 0.171 e. The fourth-order valence-electron chi connectivity index (χ4n) is 0.741. The van der Waals surface area contributed by atoms with Crippen LogP contribution in [0.1, 0.15) is 17.7 Å². The number of thiol groups is 1. The van der Waals surface area contributed by atoms with E-state index >= 15 is 0 Å². The molecular weight excluding hydrogens is 208 g/mol. The van der Waals surface area contributed by atoms with Gasteiger partial charge < -0.3 is 0 Å². The average Bonchev–Trinajstić information content (AvgIpc) is 1.88. The van der Waals surface area contributed by atoms with Crippen molar-refractivity contribution in [2.24, 2.45) is 0 Å². The summed E-state index contributed by atoms with van der Waals surface area (Å²) in [5.74, 6) is 0. The van der Waals surface area contributed by atoms with Crippen molar-refractivity contribution in [3.8, 4) is 0 Å². The fourth-order valence-corrected chi connectivity index (χ4v) is 1.18. The van der Waals surface area contributed by atoms with Gasteiger partial charge in [0.2, 0.25) is 0 Å². The highest BCUT2D eigenvalue weighted by Gasteiger charge is 1.96. The Morgan fingerprint density at radius 2 is 1.80 bits per heavy atom. The van der Waals surface area contributed by atoms with Crippen LogP contribution in [0.2, 0.25) is 0 Å². The first-order chi connectivity index (χ1) is 4.70. The third-order valence-corrected chi connectivity index (χ3v) is 2.18. The van der Waals surface area contributed by atoms with Crippen LogP contribution in [-0.4, -0.2) is 0 Å². The molecule has 0 fully saturated rings. The molecule has 0 N–H and O–H groups in total. The second kappa shape index (κ2) is 3.44. The van der Waals surface area contributed by atoms with E-state index in [-0.39, 0.29) is 0 Å². The van der Waals surface area contributed by atoms with Gasteiger partial charge in [-0.2, -0.15) is 12.6 Å². The van der Waals surface area contributed by atoms with Crippen LogP contribution in [0.15, 0.2) is 28.7 Å². The van der Waals surface area contributed by atoms with E-state index in [4.69, 9.17) is 0 Å². The Hall–Kier alpha value is 0.0500. The Bertz CT molecular complexity index is 203. The molecule has 0 amide bonds. The number of benzene rings is 1. The number of hydrogen-bond donors (Lipinski definition) is 1. The lowest BCUT2D eigenvalue weighted by Gasteiger charge is -2.02. The number of halogens is 1. The van der Waals surface area contributed by atoms with Crippen molar-refractivity contribution in [3.63, 3.8) is 0 Å². The number of hydrogen-bond acceptors (Lipinski definition) is 1. The van der Waals surface area contributed by atoms with Crippen molar-refractivity contribution < 1.29 is 0 Å². The van der Waals surface area contributed by atoms with Gasteiger partial charge in [0, 0.05) is 9.72 Å². The quantitative estimate of drug-likeness (QED) is 0.684. The monoisotopic (exact) mass is 216 g/mol. The fraction of sp³-hybridized carbons (Fsp3) is 0.250. The van der Waals surface area contributed by atoms with E-state index in [1.165, 1.54) is 5.56 Å². The zero-order valence-corrected chi connectivity index (χ0v) is 8.19. The molecule has 54 valence electrons. The lowest BCUT2D eigenvalue weighted by Crippen LogP contribution is -1.81. The van der Waals surface area contributed by atoms with Crippen LogP contribution >= 0.6 is 28.6 Å². The third kappa shape index (κ3) is 2.03. The smallest absolute Gasteiger partial charge is 0.0238 e. The van der Waals surface area contributed by atoms with Crippen LogP contribution in [-0.2, 0) is 0 Å². The molecule has 1 rings (SSSR count). The van der Waals surface area contributed by atoms with Gasteiger partial charge >= 0.3 is 0 Å². The molecule has 0 radical (unpaired) electrons. The predicted molar refractivity (Wildman–Crippen MR) is 51.5 cm³/mol. The van der Waals surface area contributed by atoms with E-state index in [1.807, 2.05) is 12.1 Å². The van der Waals surface area contributed by atoms with Gasteiger partial charge in [-0.15, -0.1) is 0 Å². The van der Waals surface area contributed by atoms with Crippen molar-refractivity contribution in [1.82, 2.24) is 0 Å². The van der Waals surface area contributed by atoms with E-state index in [0.717, 1.165) is 4.47 Å². The van der Waals surface area contributed by atoms with E-state index in [9.17, 15) is 0 Å². The van der Waals surface area contributed by atoms with Crippen molar-refractivity contribution in [3.05, 3.63) is 34.3 Å². The molecule has 0 saturated carbocycles. The van der Waals surface area contributed by atoms with Crippen molar-refractivity contribution in [1.29, 1.82) is 0 Å². The van der Waals surface area contributed by atoms with Crippen LogP contribution in [0.3, 0.4) is 0 Å². The maximum Gasteiger partial charge on any atom is 0.0238 e. The first-order valence-corrected chi connectivity index (χ1v) is 4.44. The molecule has 1 aromatic carbocycles. The molecule has 0 aliphatic heterocycles. The molecule has 0 bridgehead atoms. The van der Waals surface area contributed by atoms with Gasteiger partial charge in [-0.05, 0) is 24.6 Å². The number of rotatable bonds is 1. The molecule has 0 aliphatic carbocycles. The first kappa shape index (κ1) is 8.15. The minimum Gasteiger partial charge on any atom is -0.171 e. The molecule has 0 saturated heterocycles. The molecular formula is C8H9BrS. The van der Waals surface area contributed by atoms with E-state index in [2.05, 4.69) is 47.6 Å². The highest BCUT2D eigenvalue weighted by atomic mass is 79.9.